The molecule has 0 radical (unpaired) electrons. The maximum absolute atomic E-state index is 11.9. The maximum Gasteiger partial charge on any atom is 0.338 e. The Morgan fingerprint density at radius 3 is 2.65 bits per heavy atom. The van der Waals surface area contributed by atoms with Crippen molar-refractivity contribution in [2.45, 2.75) is 40.0 Å². The second-order valence-corrected chi connectivity index (χ2v) is 4.75. The molecule has 0 fully saturated rings. The second-order valence-electron chi connectivity index (χ2n) is 4.75. The lowest BCUT2D eigenvalue weighted by atomic mass is 10.0. The van der Waals surface area contributed by atoms with Gasteiger partial charge in [-0.2, -0.15) is 0 Å². The molecule has 0 spiro atoms. The summed E-state index contributed by atoms with van der Waals surface area (Å²) >= 11 is 0. The summed E-state index contributed by atoms with van der Waals surface area (Å²) in [6, 6.07) is 7.74. The molecule has 0 N–H and O–H groups in total. The summed E-state index contributed by atoms with van der Waals surface area (Å²) in [5.41, 5.74) is 1.82. The number of carbonyl (C=O) groups excluding carboxylic acids is 1. The molecule has 0 atom stereocenters. The molecule has 1 aromatic carbocycles. The first-order chi connectivity index (χ1) is 8.15. The molecule has 0 saturated carbocycles. The van der Waals surface area contributed by atoms with Gasteiger partial charge in [0.15, 0.2) is 0 Å². The van der Waals surface area contributed by atoms with Gasteiger partial charge in [-0.1, -0.05) is 45.4 Å². The van der Waals surface area contributed by atoms with Gasteiger partial charge in [-0.3, -0.25) is 0 Å². The van der Waals surface area contributed by atoms with E-state index in [1.807, 2.05) is 38.1 Å². The lowest BCUT2D eigenvalue weighted by Gasteiger charge is -2.10. The summed E-state index contributed by atoms with van der Waals surface area (Å²) < 4.78 is 5.27. The van der Waals surface area contributed by atoms with Crippen molar-refractivity contribution in [3.8, 4) is 0 Å². The van der Waals surface area contributed by atoms with Crippen LogP contribution < -0.4 is 0 Å². The molecule has 0 bridgehead atoms. The van der Waals surface area contributed by atoms with Crippen molar-refractivity contribution in [2.75, 3.05) is 6.61 Å². The molecule has 0 aliphatic heterocycles. The van der Waals surface area contributed by atoms with Crippen LogP contribution in [0.5, 0.6) is 0 Å². The lowest BCUT2D eigenvalue weighted by Crippen LogP contribution is -2.12. The van der Waals surface area contributed by atoms with Gasteiger partial charge in [0.25, 0.3) is 0 Å². The number of unbranched alkanes of at least 4 members (excludes halogenated alkanes) is 1. The maximum atomic E-state index is 11.9. The Labute approximate surface area is 104 Å². The quantitative estimate of drug-likeness (QED) is 0.699. The van der Waals surface area contributed by atoms with E-state index in [0.29, 0.717) is 12.5 Å². The summed E-state index contributed by atoms with van der Waals surface area (Å²) in [6.07, 6.45) is 3.19. The highest BCUT2D eigenvalue weighted by atomic mass is 16.5. The number of rotatable bonds is 6. The van der Waals surface area contributed by atoms with Crippen molar-refractivity contribution in [2.24, 2.45) is 5.92 Å². The van der Waals surface area contributed by atoms with Crippen molar-refractivity contribution >= 4 is 5.97 Å². The van der Waals surface area contributed by atoms with Gasteiger partial charge in [-0.05, 0) is 30.4 Å². The highest BCUT2D eigenvalue weighted by molar-refractivity contribution is 5.91. The number of benzene rings is 1. The van der Waals surface area contributed by atoms with Crippen molar-refractivity contribution in [3.05, 3.63) is 35.4 Å². The third kappa shape index (κ3) is 4.59. The molecule has 0 heterocycles. The van der Waals surface area contributed by atoms with Gasteiger partial charge in [-0.25, -0.2) is 4.79 Å². The SMILES string of the molecule is CCCCc1ccccc1C(=O)OCC(C)C. The van der Waals surface area contributed by atoms with Crippen molar-refractivity contribution in [1.82, 2.24) is 0 Å². The van der Waals surface area contributed by atoms with Gasteiger partial charge in [0.1, 0.15) is 0 Å². The fourth-order valence-electron chi connectivity index (χ4n) is 1.62. The molecular weight excluding hydrogens is 212 g/mol. The molecule has 2 nitrogen and oxygen atoms in total. The van der Waals surface area contributed by atoms with Crippen LogP contribution in [-0.2, 0) is 11.2 Å². The van der Waals surface area contributed by atoms with Gasteiger partial charge in [0.2, 0.25) is 0 Å². The predicted molar refractivity (Wildman–Crippen MR) is 70.2 cm³/mol. The Hall–Kier alpha value is -1.31. The van der Waals surface area contributed by atoms with E-state index in [1.165, 1.54) is 0 Å². The summed E-state index contributed by atoms with van der Waals surface area (Å²) in [5, 5.41) is 0. The van der Waals surface area contributed by atoms with E-state index in [1.54, 1.807) is 0 Å². The van der Waals surface area contributed by atoms with Crippen LogP contribution in [-0.4, -0.2) is 12.6 Å². The summed E-state index contributed by atoms with van der Waals surface area (Å²) in [6.45, 7) is 6.72. The highest BCUT2D eigenvalue weighted by Crippen LogP contribution is 2.13. The molecule has 17 heavy (non-hydrogen) atoms. The van der Waals surface area contributed by atoms with Gasteiger partial charge in [-0.15, -0.1) is 0 Å². The molecule has 94 valence electrons. The smallest absolute Gasteiger partial charge is 0.338 e. The van der Waals surface area contributed by atoms with E-state index < -0.39 is 0 Å². The third-order valence-electron chi connectivity index (χ3n) is 2.58. The fourth-order valence-corrected chi connectivity index (χ4v) is 1.62. The number of hydrogen-bond acceptors (Lipinski definition) is 2. The van der Waals surface area contributed by atoms with E-state index in [4.69, 9.17) is 4.74 Å². The molecule has 0 unspecified atom stereocenters. The van der Waals surface area contributed by atoms with Crippen LogP contribution >= 0.6 is 0 Å². The number of ether oxygens (including phenoxy) is 1. The molecule has 0 aromatic heterocycles. The molecule has 1 aromatic rings. The Morgan fingerprint density at radius 2 is 2.00 bits per heavy atom. The minimum Gasteiger partial charge on any atom is -0.462 e. The van der Waals surface area contributed by atoms with Gasteiger partial charge in [0, 0.05) is 0 Å². The van der Waals surface area contributed by atoms with Crippen LogP contribution in [0.4, 0.5) is 0 Å². The number of carbonyl (C=O) groups is 1. The molecule has 0 aliphatic rings. The first-order valence-electron chi connectivity index (χ1n) is 6.40. The van der Waals surface area contributed by atoms with Crippen LogP contribution in [0.25, 0.3) is 0 Å². The molecule has 2 heteroatoms. The monoisotopic (exact) mass is 234 g/mol. The normalized spacial score (nSPS) is 10.6. The highest BCUT2D eigenvalue weighted by Gasteiger charge is 2.12. The van der Waals surface area contributed by atoms with E-state index >= 15 is 0 Å². The van der Waals surface area contributed by atoms with Gasteiger partial charge < -0.3 is 4.74 Å². The zero-order valence-corrected chi connectivity index (χ0v) is 11.0. The third-order valence-corrected chi connectivity index (χ3v) is 2.58. The minimum atomic E-state index is -0.189. The molecule has 0 aliphatic carbocycles. The summed E-state index contributed by atoms with van der Waals surface area (Å²) in [4.78, 5) is 11.9. The van der Waals surface area contributed by atoms with E-state index in [2.05, 4.69) is 6.92 Å². The van der Waals surface area contributed by atoms with Crippen LogP contribution in [0.3, 0.4) is 0 Å². The number of aryl methyl sites for hydroxylation is 1. The van der Waals surface area contributed by atoms with Gasteiger partial charge in [0.05, 0.1) is 12.2 Å². The van der Waals surface area contributed by atoms with Gasteiger partial charge >= 0.3 is 5.97 Å². The molecule has 0 amide bonds. The Balaban J connectivity index is 2.70. The van der Waals surface area contributed by atoms with Crippen molar-refractivity contribution < 1.29 is 9.53 Å². The van der Waals surface area contributed by atoms with E-state index in [-0.39, 0.29) is 5.97 Å². The average molecular weight is 234 g/mol. The zero-order valence-electron chi connectivity index (χ0n) is 11.0. The van der Waals surface area contributed by atoms with E-state index in [9.17, 15) is 4.79 Å². The summed E-state index contributed by atoms with van der Waals surface area (Å²) in [7, 11) is 0. The Kier molecular flexibility index (Phi) is 5.75. The molecule has 1 rings (SSSR count). The number of hydrogen-bond donors (Lipinski definition) is 0. The standard InChI is InChI=1S/C15H22O2/c1-4-5-8-13-9-6-7-10-14(13)15(16)17-11-12(2)3/h6-7,9-10,12H,4-5,8,11H2,1-3H3. The number of esters is 1. The van der Waals surface area contributed by atoms with Crippen LogP contribution in [0.1, 0.15) is 49.5 Å². The van der Waals surface area contributed by atoms with Crippen LogP contribution in [0, 0.1) is 5.92 Å². The Bertz CT molecular complexity index is 356. The lowest BCUT2D eigenvalue weighted by molar-refractivity contribution is 0.0457. The predicted octanol–water partition coefficient (Wildman–Crippen LogP) is 3.84. The second kappa shape index (κ2) is 7.10. The minimum absolute atomic E-state index is 0.189. The fraction of sp³-hybridized carbons (Fsp3) is 0.533. The van der Waals surface area contributed by atoms with E-state index in [0.717, 1.165) is 30.4 Å². The first-order valence-corrected chi connectivity index (χ1v) is 6.40. The van der Waals surface area contributed by atoms with Crippen LogP contribution in [0.2, 0.25) is 0 Å². The Morgan fingerprint density at radius 1 is 1.29 bits per heavy atom. The molecule has 0 saturated heterocycles. The largest absolute Gasteiger partial charge is 0.462 e. The van der Waals surface area contributed by atoms with Crippen molar-refractivity contribution in [1.29, 1.82) is 0 Å². The average Bonchev–Trinajstić information content (AvgIpc) is 2.33. The van der Waals surface area contributed by atoms with Crippen LogP contribution in [0.15, 0.2) is 24.3 Å². The molecular formula is C15H22O2. The van der Waals surface area contributed by atoms with Crippen molar-refractivity contribution in [3.63, 3.8) is 0 Å². The first kappa shape index (κ1) is 13.8. The summed E-state index contributed by atoms with van der Waals surface area (Å²) in [5.74, 6) is 0.187. The topological polar surface area (TPSA) is 26.3 Å². The zero-order chi connectivity index (χ0) is 12.7.